The normalized spacial score (nSPS) is 19.1. The molecular weight excluding hydrogens is 306 g/mol. The lowest BCUT2D eigenvalue weighted by Gasteiger charge is -2.18. The average Bonchev–Trinajstić information content (AvgIpc) is 3.10. The van der Waals surface area contributed by atoms with Gasteiger partial charge in [-0.2, -0.15) is 0 Å². The van der Waals surface area contributed by atoms with Crippen LogP contribution < -0.4 is 5.32 Å². The van der Waals surface area contributed by atoms with Gasteiger partial charge in [0.2, 0.25) is 0 Å². The third-order valence-corrected chi connectivity index (χ3v) is 4.62. The number of benzene rings is 1. The van der Waals surface area contributed by atoms with E-state index in [0.717, 1.165) is 17.5 Å². The highest BCUT2D eigenvalue weighted by Crippen LogP contribution is 2.36. The molecule has 1 heterocycles. The molecule has 0 saturated carbocycles. The largest absolute Gasteiger partial charge is 0.478 e. The van der Waals surface area contributed by atoms with E-state index in [1.807, 2.05) is 6.92 Å². The molecule has 126 valence electrons. The van der Waals surface area contributed by atoms with E-state index in [0.29, 0.717) is 12.2 Å². The molecule has 1 amide bonds. The van der Waals surface area contributed by atoms with E-state index < -0.39 is 5.97 Å². The summed E-state index contributed by atoms with van der Waals surface area (Å²) in [6.07, 6.45) is 1.34. The third kappa shape index (κ3) is 2.82. The number of hydrogen-bond acceptors (Lipinski definition) is 3. The van der Waals surface area contributed by atoms with E-state index in [1.54, 1.807) is 6.92 Å². The highest BCUT2D eigenvalue weighted by molar-refractivity contribution is 5.96. The number of amides is 1. The molecule has 0 spiro atoms. The Labute approximate surface area is 140 Å². The fraction of sp³-hybridized carbons (Fsp3) is 0.368. The second kappa shape index (κ2) is 6.15. The fourth-order valence-electron chi connectivity index (χ4n) is 3.38. The van der Waals surface area contributed by atoms with Gasteiger partial charge in [0.25, 0.3) is 5.91 Å². The van der Waals surface area contributed by atoms with Gasteiger partial charge in [-0.15, -0.1) is 0 Å². The van der Waals surface area contributed by atoms with E-state index in [1.165, 1.54) is 11.6 Å². The van der Waals surface area contributed by atoms with Crippen molar-refractivity contribution in [2.45, 2.75) is 39.7 Å². The molecule has 24 heavy (non-hydrogen) atoms. The number of fused-ring (bicyclic) bond motifs is 1. The summed E-state index contributed by atoms with van der Waals surface area (Å²) >= 11 is 0. The van der Waals surface area contributed by atoms with E-state index in [2.05, 4.69) is 30.4 Å². The Kier molecular flexibility index (Phi) is 4.18. The molecular formula is C19H21NO4. The molecule has 0 radical (unpaired) electrons. The van der Waals surface area contributed by atoms with Crippen molar-refractivity contribution >= 4 is 11.9 Å². The average molecular weight is 327 g/mol. The number of rotatable bonds is 4. The van der Waals surface area contributed by atoms with Crippen molar-refractivity contribution in [2.24, 2.45) is 5.92 Å². The second-order valence-electron chi connectivity index (χ2n) is 6.44. The van der Waals surface area contributed by atoms with Crippen LogP contribution in [0.25, 0.3) is 0 Å². The Bertz CT molecular complexity index is 806. The molecule has 3 rings (SSSR count). The van der Waals surface area contributed by atoms with Gasteiger partial charge >= 0.3 is 5.97 Å². The molecule has 5 heteroatoms. The molecule has 2 unspecified atom stereocenters. The topological polar surface area (TPSA) is 79.5 Å². The molecule has 1 aliphatic carbocycles. The molecule has 2 aromatic rings. The predicted octanol–water partition coefficient (Wildman–Crippen LogP) is 3.51. The number of hydrogen-bond donors (Lipinski definition) is 2. The number of furan rings is 1. The van der Waals surface area contributed by atoms with Crippen LogP contribution in [0.1, 0.15) is 63.3 Å². The second-order valence-corrected chi connectivity index (χ2v) is 6.44. The smallest absolute Gasteiger partial charge is 0.339 e. The van der Waals surface area contributed by atoms with Crippen LogP contribution in [0.5, 0.6) is 0 Å². The van der Waals surface area contributed by atoms with Crippen LogP contribution >= 0.6 is 0 Å². The van der Waals surface area contributed by atoms with Gasteiger partial charge in [0.15, 0.2) is 5.76 Å². The Hall–Kier alpha value is -2.56. The zero-order valence-corrected chi connectivity index (χ0v) is 14.1. The van der Waals surface area contributed by atoms with Crippen molar-refractivity contribution in [3.05, 3.63) is 58.0 Å². The monoisotopic (exact) mass is 327 g/mol. The molecule has 2 atom stereocenters. The number of carbonyl (C=O) groups excluding carboxylic acids is 1. The van der Waals surface area contributed by atoms with Gasteiger partial charge in [-0.25, -0.2) is 4.79 Å². The van der Waals surface area contributed by atoms with Crippen LogP contribution in [0.15, 0.2) is 28.7 Å². The minimum Gasteiger partial charge on any atom is -0.478 e. The number of aromatic carboxylic acids is 1. The van der Waals surface area contributed by atoms with Crippen LogP contribution in [0, 0.1) is 12.8 Å². The third-order valence-electron chi connectivity index (χ3n) is 4.62. The first-order chi connectivity index (χ1) is 11.4. The van der Waals surface area contributed by atoms with Crippen molar-refractivity contribution in [3.63, 3.8) is 0 Å². The van der Waals surface area contributed by atoms with Crippen molar-refractivity contribution < 1.29 is 19.1 Å². The Balaban J connectivity index is 1.86. The molecule has 5 nitrogen and oxygen atoms in total. The highest BCUT2D eigenvalue weighted by atomic mass is 16.4. The Morgan fingerprint density at radius 1 is 1.33 bits per heavy atom. The van der Waals surface area contributed by atoms with Crippen molar-refractivity contribution in [1.82, 2.24) is 5.32 Å². The first-order valence-corrected chi connectivity index (χ1v) is 8.17. The molecule has 1 aliphatic rings. The zero-order valence-electron chi connectivity index (χ0n) is 14.1. The first-order valence-electron chi connectivity index (χ1n) is 8.17. The summed E-state index contributed by atoms with van der Waals surface area (Å²) in [6, 6.07) is 7.52. The van der Waals surface area contributed by atoms with Crippen LogP contribution in [-0.4, -0.2) is 17.0 Å². The highest BCUT2D eigenvalue weighted by Gasteiger charge is 2.32. The first kappa shape index (κ1) is 16.3. The zero-order chi connectivity index (χ0) is 17.4. The number of aryl methyl sites for hydroxylation is 2. The fourth-order valence-corrected chi connectivity index (χ4v) is 3.38. The Morgan fingerprint density at radius 3 is 2.71 bits per heavy atom. The summed E-state index contributed by atoms with van der Waals surface area (Å²) in [4.78, 5) is 23.8. The predicted molar refractivity (Wildman–Crippen MR) is 89.3 cm³/mol. The minimum absolute atomic E-state index is 0.0533. The maximum atomic E-state index is 12.5. The van der Waals surface area contributed by atoms with Crippen LogP contribution in [0.3, 0.4) is 0 Å². The molecule has 2 N–H and O–H groups in total. The molecule has 1 aromatic carbocycles. The van der Waals surface area contributed by atoms with Gasteiger partial charge in [-0.05, 0) is 30.4 Å². The minimum atomic E-state index is -1.08. The summed E-state index contributed by atoms with van der Waals surface area (Å²) in [5.41, 5.74) is 3.59. The lowest BCUT2D eigenvalue weighted by atomic mass is 10.0. The van der Waals surface area contributed by atoms with Gasteiger partial charge in [0.05, 0.1) is 6.04 Å². The van der Waals surface area contributed by atoms with Gasteiger partial charge in [0, 0.05) is 12.5 Å². The van der Waals surface area contributed by atoms with E-state index in [-0.39, 0.29) is 29.2 Å². The molecule has 0 aliphatic heterocycles. The summed E-state index contributed by atoms with van der Waals surface area (Å²) in [7, 11) is 0. The summed E-state index contributed by atoms with van der Waals surface area (Å²) in [5.74, 6) is -0.792. The lowest BCUT2D eigenvalue weighted by Crippen LogP contribution is -2.30. The van der Waals surface area contributed by atoms with Gasteiger partial charge in [-0.3, -0.25) is 4.79 Å². The number of nitrogens with one attached hydrogen (secondary N) is 1. The van der Waals surface area contributed by atoms with E-state index in [4.69, 9.17) is 4.42 Å². The Morgan fingerprint density at radius 2 is 2.08 bits per heavy atom. The van der Waals surface area contributed by atoms with E-state index >= 15 is 0 Å². The van der Waals surface area contributed by atoms with Gasteiger partial charge < -0.3 is 14.8 Å². The number of carboxylic acid groups (broad SMARTS) is 1. The summed E-state index contributed by atoms with van der Waals surface area (Å²) in [5, 5.41) is 12.2. The van der Waals surface area contributed by atoms with Crippen LogP contribution in [0.4, 0.5) is 0 Å². The van der Waals surface area contributed by atoms with Crippen LogP contribution in [0.2, 0.25) is 0 Å². The lowest BCUT2D eigenvalue weighted by molar-refractivity contribution is 0.0694. The molecule has 0 saturated heterocycles. The summed E-state index contributed by atoms with van der Waals surface area (Å²) in [6.45, 7) is 5.93. The number of carboxylic acids is 1. The van der Waals surface area contributed by atoms with Crippen molar-refractivity contribution in [3.8, 4) is 0 Å². The maximum absolute atomic E-state index is 12.5. The van der Waals surface area contributed by atoms with Crippen molar-refractivity contribution in [1.29, 1.82) is 0 Å². The van der Waals surface area contributed by atoms with E-state index in [9.17, 15) is 14.7 Å². The molecule has 1 aromatic heterocycles. The standard InChI is InChI=1S/C19H21NO4/c1-4-15-14(19(22)23)9-16(24-15)18(21)20-17-11(3)8-12-6-5-10(2)7-13(12)17/h5-7,9,11,17H,4,8H2,1-3H3,(H,20,21)(H,22,23). The molecule has 0 fully saturated rings. The van der Waals surface area contributed by atoms with Crippen molar-refractivity contribution in [2.75, 3.05) is 0 Å². The van der Waals surface area contributed by atoms with Gasteiger partial charge in [0.1, 0.15) is 11.3 Å². The van der Waals surface area contributed by atoms with Gasteiger partial charge in [-0.1, -0.05) is 37.6 Å². The SMILES string of the molecule is CCc1oc(C(=O)NC2c3cc(C)ccc3CC2C)cc1C(=O)O. The molecule has 0 bridgehead atoms. The summed E-state index contributed by atoms with van der Waals surface area (Å²) < 4.78 is 5.45. The quantitative estimate of drug-likeness (QED) is 0.900. The van der Waals surface area contributed by atoms with Crippen LogP contribution in [-0.2, 0) is 12.8 Å². The number of carbonyl (C=O) groups is 2. The maximum Gasteiger partial charge on any atom is 0.339 e.